The quantitative estimate of drug-likeness (QED) is 0.905. The van der Waals surface area contributed by atoms with Crippen LogP contribution >= 0.6 is 0 Å². The van der Waals surface area contributed by atoms with E-state index in [1.165, 1.54) is 0 Å². The van der Waals surface area contributed by atoms with Gasteiger partial charge in [-0.05, 0) is 49.6 Å². The lowest BCUT2D eigenvalue weighted by Gasteiger charge is -2.43. The maximum absolute atomic E-state index is 10.3. The fraction of sp³-hybridized carbons (Fsp3) is 0.474. The number of hydrogen-bond acceptors (Lipinski definition) is 6. The fourth-order valence-electron chi connectivity index (χ4n) is 3.83. The topological polar surface area (TPSA) is 67.7 Å². The summed E-state index contributed by atoms with van der Waals surface area (Å²) < 4.78 is 11.5. The third kappa shape index (κ3) is 3.07. The summed E-state index contributed by atoms with van der Waals surface area (Å²) in [5, 5.41) is 19.1. The van der Waals surface area contributed by atoms with Crippen LogP contribution in [0.2, 0.25) is 0 Å². The SMILES string of the molecule is Cc1cc(C)c(-c2ccc(N3CCO[C@H]4CCOC[C@@H]43)nn2)c(O)c1. The summed E-state index contributed by atoms with van der Waals surface area (Å²) >= 11 is 0. The molecule has 2 fully saturated rings. The fourth-order valence-corrected chi connectivity index (χ4v) is 3.83. The van der Waals surface area contributed by atoms with Crippen LogP contribution in [0.1, 0.15) is 17.5 Å². The number of aromatic nitrogens is 2. The second kappa shape index (κ2) is 6.61. The Labute approximate surface area is 147 Å². The van der Waals surface area contributed by atoms with Crippen LogP contribution in [0.15, 0.2) is 24.3 Å². The van der Waals surface area contributed by atoms with Crippen molar-refractivity contribution in [2.24, 2.45) is 0 Å². The molecule has 0 unspecified atom stereocenters. The molecule has 1 aromatic heterocycles. The average molecular weight is 341 g/mol. The summed E-state index contributed by atoms with van der Waals surface area (Å²) in [6.45, 7) is 6.84. The molecule has 132 valence electrons. The molecular weight excluding hydrogens is 318 g/mol. The summed E-state index contributed by atoms with van der Waals surface area (Å²) in [4.78, 5) is 2.23. The molecule has 1 N–H and O–H groups in total. The molecule has 4 rings (SSSR count). The second-order valence-corrected chi connectivity index (χ2v) is 6.79. The highest BCUT2D eigenvalue weighted by molar-refractivity contribution is 5.71. The zero-order chi connectivity index (χ0) is 17.4. The zero-order valence-corrected chi connectivity index (χ0v) is 14.6. The van der Waals surface area contributed by atoms with Gasteiger partial charge in [0.05, 0.1) is 31.1 Å². The van der Waals surface area contributed by atoms with Gasteiger partial charge in [0.1, 0.15) is 5.75 Å². The van der Waals surface area contributed by atoms with Gasteiger partial charge in [0.2, 0.25) is 0 Å². The minimum Gasteiger partial charge on any atom is -0.507 e. The largest absolute Gasteiger partial charge is 0.507 e. The van der Waals surface area contributed by atoms with Gasteiger partial charge < -0.3 is 19.5 Å². The molecule has 25 heavy (non-hydrogen) atoms. The number of rotatable bonds is 2. The van der Waals surface area contributed by atoms with Crippen molar-refractivity contribution >= 4 is 5.82 Å². The number of ether oxygens (including phenoxy) is 2. The Bertz CT molecular complexity index is 738. The van der Waals surface area contributed by atoms with E-state index < -0.39 is 0 Å². The van der Waals surface area contributed by atoms with Crippen molar-refractivity contribution in [2.75, 3.05) is 31.3 Å². The zero-order valence-electron chi connectivity index (χ0n) is 14.6. The summed E-state index contributed by atoms with van der Waals surface area (Å²) in [5.41, 5.74) is 3.45. The average Bonchev–Trinajstić information content (AvgIpc) is 2.61. The van der Waals surface area contributed by atoms with Crippen LogP contribution in [-0.4, -0.2) is 53.8 Å². The first kappa shape index (κ1) is 16.3. The molecule has 2 aliphatic heterocycles. The van der Waals surface area contributed by atoms with Gasteiger partial charge in [-0.1, -0.05) is 6.07 Å². The Hall–Kier alpha value is -2.18. The van der Waals surface area contributed by atoms with Crippen molar-refractivity contribution in [1.82, 2.24) is 10.2 Å². The number of benzene rings is 1. The molecule has 0 aliphatic carbocycles. The van der Waals surface area contributed by atoms with E-state index in [0.29, 0.717) is 18.9 Å². The Morgan fingerprint density at radius 2 is 2.04 bits per heavy atom. The number of anilines is 1. The van der Waals surface area contributed by atoms with Crippen molar-refractivity contribution in [3.63, 3.8) is 0 Å². The van der Waals surface area contributed by atoms with E-state index in [0.717, 1.165) is 42.1 Å². The number of phenolic OH excluding ortho intramolecular Hbond substituents is 1. The van der Waals surface area contributed by atoms with E-state index in [-0.39, 0.29) is 17.9 Å². The molecule has 0 amide bonds. The van der Waals surface area contributed by atoms with E-state index in [2.05, 4.69) is 15.1 Å². The Morgan fingerprint density at radius 3 is 2.80 bits per heavy atom. The minimum absolute atomic E-state index is 0.192. The van der Waals surface area contributed by atoms with Gasteiger partial charge in [-0.25, -0.2) is 0 Å². The third-order valence-corrected chi connectivity index (χ3v) is 4.99. The first-order valence-corrected chi connectivity index (χ1v) is 8.74. The predicted octanol–water partition coefficient (Wildman–Crippen LogP) is 2.46. The van der Waals surface area contributed by atoms with Crippen molar-refractivity contribution in [2.45, 2.75) is 32.4 Å². The number of hydrogen-bond donors (Lipinski definition) is 1. The van der Waals surface area contributed by atoms with Crippen LogP contribution in [0.5, 0.6) is 5.75 Å². The van der Waals surface area contributed by atoms with E-state index in [1.54, 1.807) is 6.07 Å². The molecule has 3 heterocycles. The lowest BCUT2D eigenvalue weighted by atomic mass is 10.0. The van der Waals surface area contributed by atoms with E-state index >= 15 is 0 Å². The van der Waals surface area contributed by atoms with Crippen LogP contribution in [-0.2, 0) is 9.47 Å². The van der Waals surface area contributed by atoms with Gasteiger partial charge in [0.15, 0.2) is 5.82 Å². The Balaban J connectivity index is 1.62. The van der Waals surface area contributed by atoms with Crippen molar-refractivity contribution in [3.05, 3.63) is 35.4 Å². The van der Waals surface area contributed by atoms with Gasteiger partial charge in [0, 0.05) is 18.7 Å². The molecule has 2 saturated heterocycles. The Kier molecular flexibility index (Phi) is 4.31. The number of morpholine rings is 1. The molecule has 0 bridgehead atoms. The van der Waals surface area contributed by atoms with Crippen LogP contribution in [0, 0.1) is 13.8 Å². The highest BCUT2D eigenvalue weighted by atomic mass is 16.5. The number of nitrogens with zero attached hydrogens (tertiary/aromatic N) is 3. The highest BCUT2D eigenvalue weighted by Gasteiger charge is 2.35. The van der Waals surface area contributed by atoms with Crippen LogP contribution in [0.3, 0.4) is 0 Å². The predicted molar refractivity (Wildman–Crippen MR) is 94.9 cm³/mol. The summed E-state index contributed by atoms with van der Waals surface area (Å²) in [7, 11) is 0. The summed E-state index contributed by atoms with van der Waals surface area (Å²) in [5.74, 6) is 1.07. The van der Waals surface area contributed by atoms with Crippen molar-refractivity contribution in [3.8, 4) is 17.0 Å². The molecule has 2 aliphatic rings. The molecule has 2 atom stereocenters. The monoisotopic (exact) mass is 341 g/mol. The third-order valence-electron chi connectivity index (χ3n) is 4.99. The van der Waals surface area contributed by atoms with Gasteiger partial charge in [-0.3, -0.25) is 0 Å². The first-order valence-electron chi connectivity index (χ1n) is 8.74. The summed E-state index contributed by atoms with van der Waals surface area (Å²) in [6.07, 6.45) is 1.12. The number of aryl methyl sites for hydroxylation is 2. The molecular formula is C19H23N3O3. The molecule has 6 heteroatoms. The number of aromatic hydroxyl groups is 1. The van der Waals surface area contributed by atoms with Gasteiger partial charge in [-0.15, -0.1) is 10.2 Å². The molecule has 1 aromatic carbocycles. The van der Waals surface area contributed by atoms with Crippen LogP contribution in [0.4, 0.5) is 5.82 Å². The molecule has 6 nitrogen and oxygen atoms in total. The van der Waals surface area contributed by atoms with Crippen molar-refractivity contribution < 1.29 is 14.6 Å². The van der Waals surface area contributed by atoms with Gasteiger partial charge in [0.25, 0.3) is 0 Å². The van der Waals surface area contributed by atoms with E-state index in [9.17, 15) is 5.11 Å². The van der Waals surface area contributed by atoms with Gasteiger partial charge in [-0.2, -0.15) is 0 Å². The maximum Gasteiger partial charge on any atom is 0.151 e. The molecule has 0 saturated carbocycles. The number of fused-ring (bicyclic) bond motifs is 1. The Morgan fingerprint density at radius 1 is 1.16 bits per heavy atom. The van der Waals surface area contributed by atoms with Gasteiger partial charge >= 0.3 is 0 Å². The first-order chi connectivity index (χ1) is 12.1. The van der Waals surface area contributed by atoms with Crippen LogP contribution in [0.25, 0.3) is 11.3 Å². The smallest absolute Gasteiger partial charge is 0.151 e. The molecule has 2 aromatic rings. The van der Waals surface area contributed by atoms with E-state index in [4.69, 9.17) is 9.47 Å². The normalized spacial score (nSPS) is 23.4. The molecule has 0 spiro atoms. The maximum atomic E-state index is 10.3. The number of phenols is 1. The molecule has 0 radical (unpaired) electrons. The standard InChI is InChI=1S/C19H23N3O3/c1-12-9-13(2)19(16(23)10-12)14-3-4-18(21-20-14)22-6-8-25-17-5-7-24-11-15(17)22/h3-4,9-10,15,17,23H,5-8,11H2,1-2H3/t15-,17-/m0/s1. The van der Waals surface area contributed by atoms with Crippen molar-refractivity contribution in [1.29, 1.82) is 0 Å². The highest BCUT2D eigenvalue weighted by Crippen LogP contribution is 2.33. The van der Waals surface area contributed by atoms with Crippen LogP contribution < -0.4 is 4.90 Å². The summed E-state index contributed by atoms with van der Waals surface area (Å²) in [6, 6.07) is 7.88. The minimum atomic E-state index is 0.192. The second-order valence-electron chi connectivity index (χ2n) is 6.79. The lowest BCUT2D eigenvalue weighted by molar-refractivity contribution is -0.0655. The lowest BCUT2D eigenvalue weighted by Crippen LogP contribution is -2.56. The van der Waals surface area contributed by atoms with E-state index in [1.807, 2.05) is 32.0 Å².